The molecule has 8 heteroatoms. The zero-order chi connectivity index (χ0) is 26.0. The van der Waals surface area contributed by atoms with E-state index in [1.54, 1.807) is 56.0 Å². The minimum absolute atomic E-state index is 0.148. The molecule has 0 bridgehead atoms. The topological polar surface area (TPSA) is 59.9 Å². The lowest BCUT2D eigenvalue weighted by molar-refractivity contribution is 0.102. The van der Waals surface area contributed by atoms with Crippen LogP contribution in [0.4, 0.5) is 10.7 Å². The van der Waals surface area contributed by atoms with E-state index in [-0.39, 0.29) is 11.3 Å². The second-order valence-electron chi connectivity index (χ2n) is 9.95. The van der Waals surface area contributed by atoms with Gasteiger partial charge in [0.05, 0.1) is 24.3 Å². The fraction of sp³-hybridized carbons (Fsp3) is 0.357. The van der Waals surface area contributed by atoms with Crippen LogP contribution in [0.15, 0.2) is 45.9 Å². The van der Waals surface area contributed by atoms with Crippen molar-refractivity contribution in [2.24, 2.45) is 16.3 Å². The lowest BCUT2D eigenvalue weighted by Gasteiger charge is -2.33. The SMILES string of the molecule is COc1cc(C=Nc2sc3c(c2C(=O)Nc2ccc(Cl)cc2)CC[C@H](C(C)(C)C)C3)cc(Br)c1OC. The van der Waals surface area contributed by atoms with Crippen molar-refractivity contribution in [3.63, 3.8) is 0 Å². The van der Waals surface area contributed by atoms with Crippen LogP contribution in [0.25, 0.3) is 0 Å². The van der Waals surface area contributed by atoms with Gasteiger partial charge in [-0.05, 0) is 94.1 Å². The predicted octanol–water partition coefficient (Wildman–Crippen LogP) is 8.34. The molecule has 1 amide bonds. The summed E-state index contributed by atoms with van der Waals surface area (Å²) in [5.74, 6) is 1.64. The summed E-state index contributed by atoms with van der Waals surface area (Å²) in [6, 6.07) is 10.9. The lowest BCUT2D eigenvalue weighted by atomic mass is 9.72. The van der Waals surface area contributed by atoms with Gasteiger partial charge < -0.3 is 14.8 Å². The van der Waals surface area contributed by atoms with Crippen molar-refractivity contribution in [1.29, 1.82) is 0 Å². The average Bonchev–Trinajstić information content (AvgIpc) is 3.21. The van der Waals surface area contributed by atoms with E-state index in [9.17, 15) is 4.79 Å². The highest BCUT2D eigenvalue weighted by atomic mass is 79.9. The molecule has 1 N–H and O–H groups in total. The smallest absolute Gasteiger partial charge is 0.259 e. The Balaban J connectivity index is 1.72. The normalized spacial score (nSPS) is 15.6. The van der Waals surface area contributed by atoms with Gasteiger partial charge in [-0.2, -0.15) is 0 Å². The van der Waals surface area contributed by atoms with Crippen molar-refractivity contribution in [1.82, 2.24) is 0 Å². The maximum Gasteiger partial charge on any atom is 0.259 e. The summed E-state index contributed by atoms with van der Waals surface area (Å²) in [6.07, 6.45) is 4.65. The quantitative estimate of drug-likeness (QED) is 0.294. The molecule has 190 valence electrons. The molecule has 0 unspecified atom stereocenters. The molecular formula is C28H30BrClN2O3S. The van der Waals surface area contributed by atoms with E-state index in [0.29, 0.717) is 38.7 Å². The number of carbonyl (C=O) groups excluding carboxylic acids is 1. The Hall–Kier alpha value is -2.35. The van der Waals surface area contributed by atoms with Gasteiger partial charge in [0.15, 0.2) is 11.5 Å². The first-order chi connectivity index (χ1) is 17.1. The van der Waals surface area contributed by atoms with Gasteiger partial charge in [-0.25, -0.2) is 4.99 Å². The van der Waals surface area contributed by atoms with Gasteiger partial charge in [-0.15, -0.1) is 11.3 Å². The van der Waals surface area contributed by atoms with E-state index in [1.807, 2.05) is 12.1 Å². The number of hydrogen-bond donors (Lipinski definition) is 1. The summed E-state index contributed by atoms with van der Waals surface area (Å²) < 4.78 is 11.7. The Morgan fingerprint density at radius 2 is 1.92 bits per heavy atom. The second kappa shape index (κ2) is 11.0. The van der Waals surface area contributed by atoms with Crippen LogP contribution in [0.2, 0.25) is 5.02 Å². The molecule has 4 rings (SSSR count). The van der Waals surface area contributed by atoms with E-state index < -0.39 is 0 Å². The van der Waals surface area contributed by atoms with Gasteiger partial charge in [0, 0.05) is 21.8 Å². The number of thiophene rings is 1. The molecule has 0 radical (unpaired) electrons. The molecule has 0 fully saturated rings. The molecule has 0 saturated carbocycles. The Morgan fingerprint density at radius 1 is 1.19 bits per heavy atom. The fourth-order valence-corrected chi connectivity index (χ4v) is 6.52. The fourth-order valence-electron chi connectivity index (χ4n) is 4.51. The van der Waals surface area contributed by atoms with Crippen molar-refractivity contribution < 1.29 is 14.3 Å². The van der Waals surface area contributed by atoms with Crippen molar-refractivity contribution in [2.75, 3.05) is 19.5 Å². The minimum Gasteiger partial charge on any atom is -0.493 e. The van der Waals surface area contributed by atoms with Crippen LogP contribution in [-0.2, 0) is 12.8 Å². The number of benzene rings is 2. The first kappa shape index (κ1) is 26.7. The average molecular weight is 590 g/mol. The summed E-state index contributed by atoms with van der Waals surface area (Å²) >= 11 is 11.2. The van der Waals surface area contributed by atoms with E-state index in [1.165, 1.54) is 4.88 Å². The number of fused-ring (bicyclic) bond motifs is 1. The molecule has 1 heterocycles. The molecule has 1 aliphatic rings. The number of ether oxygens (including phenoxy) is 2. The molecular weight excluding hydrogens is 560 g/mol. The summed E-state index contributed by atoms with van der Waals surface area (Å²) in [5.41, 5.74) is 3.53. The molecule has 0 aliphatic heterocycles. The largest absolute Gasteiger partial charge is 0.493 e. The van der Waals surface area contributed by atoms with Gasteiger partial charge in [0.1, 0.15) is 5.00 Å². The monoisotopic (exact) mass is 588 g/mol. The van der Waals surface area contributed by atoms with Crippen molar-refractivity contribution in [3.05, 3.63) is 67.5 Å². The van der Waals surface area contributed by atoms with E-state index in [2.05, 4.69) is 42.0 Å². The van der Waals surface area contributed by atoms with Crippen LogP contribution in [-0.4, -0.2) is 26.3 Å². The lowest BCUT2D eigenvalue weighted by Crippen LogP contribution is -2.27. The van der Waals surface area contributed by atoms with Crippen LogP contribution in [0.5, 0.6) is 11.5 Å². The molecule has 0 spiro atoms. The highest BCUT2D eigenvalue weighted by Gasteiger charge is 2.33. The Labute approximate surface area is 230 Å². The molecule has 5 nitrogen and oxygen atoms in total. The predicted molar refractivity (Wildman–Crippen MR) is 153 cm³/mol. The summed E-state index contributed by atoms with van der Waals surface area (Å²) in [7, 11) is 3.20. The van der Waals surface area contributed by atoms with Crippen molar-refractivity contribution in [3.8, 4) is 11.5 Å². The second-order valence-corrected chi connectivity index (χ2v) is 12.3. The van der Waals surface area contributed by atoms with Crippen LogP contribution in [0.3, 0.4) is 0 Å². The number of anilines is 1. The third-order valence-corrected chi connectivity index (χ3v) is 8.59. The number of methoxy groups -OCH3 is 2. The zero-order valence-electron chi connectivity index (χ0n) is 21.1. The molecule has 1 atom stereocenters. The number of nitrogens with zero attached hydrogens (tertiary/aromatic N) is 1. The molecule has 36 heavy (non-hydrogen) atoms. The van der Waals surface area contributed by atoms with Crippen LogP contribution in [0, 0.1) is 11.3 Å². The van der Waals surface area contributed by atoms with Gasteiger partial charge in [0.2, 0.25) is 0 Å². The minimum atomic E-state index is -0.148. The molecule has 1 aliphatic carbocycles. The van der Waals surface area contributed by atoms with Crippen molar-refractivity contribution in [2.45, 2.75) is 40.0 Å². The summed E-state index contributed by atoms with van der Waals surface area (Å²) in [4.78, 5) is 19.6. The number of rotatable bonds is 6. The first-order valence-corrected chi connectivity index (χ1v) is 13.8. The van der Waals surface area contributed by atoms with Crippen LogP contribution < -0.4 is 14.8 Å². The standard InChI is InChI=1S/C28H30BrClN2O3S/c1-28(2,3)17-6-11-20-23(14-17)36-27(24(20)26(33)32-19-9-7-18(30)8-10-19)31-15-16-12-21(29)25(35-5)22(13-16)34-4/h7-10,12-13,15,17H,6,11,14H2,1-5H3,(H,32,33)/t17-/m0/s1. The molecule has 1 aromatic heterocycles. The highest BCUT2D eigenvalue weighted by molar-refractivity contribution is 9.10. The number of nitrogens with one attached hydrogen (secondary N) is 1. The van der Waals surface area contributed by atoms with E-state index in [4.69, 9.17) is 26.1 Å². The number of amides is 1. The Morgan fingerprint density at radius 3 is 2.56 bits per heavy atom. The van der Waals surface area contributed by atoms with E-state index >= 15 is 0 Å². The maximum absolute atomic E-state index is 13.5. The van der Waals surface area contributed by atoms with Crippen LogP contribution >= 0.6 is 38.9 Å². The first-order valence-electron chi connectivity index (χ1n) is 11.8. The van der Waals surface area contributed by atoms with Crippen LogP contribution in [0.1, 0.15) is 53.6 Å². The Bertz CT molecular complexity index is 1300. The van der Waals surface area contributed by atoms with Gasteiger partial charge in [-0.1, -0.05) is 32.4 Å². The third-order valence-electron chi connectivity index (χ3n) is 6.59. The van der Waals surface area contributed by atoms with E-state index in [0.717, 1.165) is 34.9 Å². The number of halogens is 2. The van der Waals surface area contributed by atoms with Gasteiger partial charge >= 0.3 is 0 Å². The highest BCUT2D eigenvalue weighted by Crippen LogP contribution is 2.45. The summed E-state index contributed by atoms with van der Waals surface area (Å²) in [5, 5.41) is 4.38. The summed E-state index contributed by atoms with van der Waals surface area (Å²) in [6.45, 7) is 6.87. The molecule has 3 aromatic rings. The molecule has 0 saturated heterocycles. The maximum atomic E-state index is 13.5. The van der Waals surface area contributed by atoms with Crippen molar-refractivity contribution >= 4 is 61.7 Å². The number of carbonyl (C=O) groups is 1. The molecule has 2 aromatic carbocycles. The van der Waals surface area contributed by atoms with Gasteiger partial charge in [-0.3, -0.25) is 4.79 Å². The third kappa shape index (κ3) is 5.79. The Kier molecular flexibility index (Phi) is 8.12. The zero-order valence-corrected chi connectivity index (χ0v) is 24.2. The number of hydrogen-bond acceptors (Lipinski definition) is 5. The number of aliphatic imine (C=N–C) groups is 1. The van der Waals surface area contributed by atoms with Gasteiger partial charge in [0.25, 0.3) is 5.91 Å².